The van der Waals surface area contributed by atoms with Gasteiger partial charge in [-0.05, 0) is 13.8 Å². The summed E-state index contributed by atoms with van der Waals surface area (Å²) in [5.74, 6) is 2.29. The highest BCUT2D eigenvalue weighted by Gasteiger charge is 2.19. The maximum atomic E-state index is 5.77. The second-order valence-electron chi connectivity index (χ2n) is 6.71. The average Bonchev–Trinajstić information content (AvgIpc) is 3.09. The number of aromatic nitrogens is 2. The van der Waals surface area contributed by atoms with Crippen molar-refractivity contribution in [1.82, 2.24) is 20.6 Å². The van der Waals surface area contributed by atoms with Gasteiger partial charge in [0.1, 0.15) is 5.76 Å². The molecule has 0 fully saturated rings. The lowest BCUT2D eigenvalue weighted by Crippen LogP contribution is -2.37. The van der Waals surface area contributed by atoms with Crippen LogP contribution in [0.3, 0.4) is 0 Å². The molecule has 2 heterocycles. The largest absolute Gasteiger partial charge is 0.443 e. The third kappa shape index (κ3) is 6.58. The fourth-order valence-corrected chi connectivity index (χ4v) is 3.16. The van der Waals surface area contributed by atoms with E-state index in [2.05, 4.69) is 53.3 Å². The van der Waals surface area contributed by atoms with Gasteiger partial charge < -0.3 is 15.1 Å². The molecule has 0 saturated carbocycles. The van der Waals surface area contributed by atoms with Gasteiger partial charge in [-0.15, -0.1) is 35.3 Å². The van der Waals surface area contributed by atoms with E-state index >= 15 is 0 Å². The highest BCUT2D eigenvalue weighted by Crippen LogP contribution is 2.22. The van der Waals surface area contributed by atoms with E-state index in [-0.39, 0.29) is 29.4 Å². The number of halogens is 1. The molecule has 0 aromatic carbocycles. The smallest absolute Gasteiger partial charge is 0.213 e. The predicted octanol–water partition coefficient (Wildman–Crippen LogP) is 3.57. The Morgan fingerprint density at radius 2 is 2.00 bits per heavy atom. The van der Waals surface area contributed by atoms with Crippen LogP contribution in [0, 0.1) is 13.8 Å². The SMILES string of the molecule is CN=C(NCCc1sc(C)nc1C)NCc1ncc(C(C)(C)C)o1.I. The second-order valence-corrected chi connectivity index (χ2v) is 8.00. The van der Waals surface area contributed by atoms with Crippen LogP contribution in [-0.4, -0.2) is 29.5 Å². The topological polar surface area (TPSA) is 75.3 Å². The average molecular weight is 477 g/mol. The molecule has 0 aliphatic carbocycles. The Morgan fingerprint density at radius 1 is 1.28 bits per heavy atom. The standard InChI is InChI=1S/C17H27N5OS.HI/c1-11-13(24-12(2)22-11)7-8-19-16(18-6)21-10-15-20-9-14(23-15)17(3,4)5;/h9H,7-8,10H2,1-6H3,(H2,18,19,21);1H. The van der Waals surface area contributed by atoms with Crippen LogP contribution in [0.25, 0.3) is 0 Å². The fourth-order valence-electron chi connectivity index (χ4n) is 2.22. The van der Waals surface area contributed by atoms with Crippen LogP contribution < -0.4 is 10.6 Å². The lowest BCUT2D eigenvalue weighted by atomic mass is 9.94. The first-order valence-corrected chi connectivity index (χ1v) is 8.94. The molecule has 2 aromatic rings. The van der Waals surface area contributed by atoms with Crippen molar-refractivity contribution < 1.29 is 4.42 Å². The summed E-state index contributed by atoms with van der Waals surface area (Å²) in [6.07, 6.45) is 2.73. The van der Waals surface area contributed by atoms with Crippen LogP contribution >= 0.6 is 35.3 Å². The Bertz CT molecular complexity index is 702. The molecular formula is C17H28IN5OS. The molecule has 2 aromatic heterocycles. The number of aliphatic imine (C=N–C) groups is 1. The Morgan fingerprint density at radius 3 is 2.52 bits per heavy atom. The van der Waals surface area contributed by atoms with E-state index < -0.39 is 0 Å². The molecule has 2 N–H and O–H groups in total. The van der Waals surface area contributed by atoms with Crippen molar-refractivity contribution in [2.75, 3.05) is 13.6 Å². The van der Waals surface area contributed by atoms with Gasteiger partial charge in [0.25, 0.3) is 0 Å². The molecular weight excluding hydrogens is 449 g/mol. The van der Waals surface area contributed by atoms with Gasteiger partial charge in [-0.25, -0.2) is 9.97 Å². The van der Waals surface area contributed by atoms with E-state index in [9.17, 15) is 0 Å². The van der Waals surface area contributed by atoms with Crippen LogP contribution in [-0.2, 0) is 18.4 Å². The molecule has 2 rings (SSSR count). The van der Waals surface area contributed by atoms with Crippen molar-refractivity contribution in [2.24, 2.45) is 4.99 Å². The third-order valence-electron chi connectivity index (χ3n) is 3.57. The number of aryl methyl sites for hydroxylation is 2. The molecule has 8 heteroatoms. The van der Waals surface area contributed by atoms with Gasteiger partial charge in [-0.2, -0.15) is 0 Å². The first-order chi connectivity index (χ1) is 11.3. The number of nitrogens with zero attached hydrogens (tertiary/aromatic N) is 3. The fraction of sp³-hybridized carbons (Fsp3) is 0.588. The maximum absolute atomic E-state index is 5.77. The van der Waals surface area contributed by atoms with Crippen molar-refractivity contribution in [3.8, 4) is 0 Å². The van der Waals surface area contributed by atoms with E-state index in [1.807, 2.05) is 6.92 Å². The molecule has 0 amide bonds. The van der Waals surface area contributed by atoms with Gasteiger partial charge in [0.2, 0.25) is 5.89 Å². The Labute approximate surface area is 171 Å². The van der Waals surface area contributed by atoms with Crippen LogP contribution in [0.1, 0.15) is 48.0 Å². The van der Waals surface area contributed by atoms with Crippen molar-refractivity contribution in [3.05, 3.63) is 33.4 Å². The zero-order chi connectivity index (χ0) is 17.7. The summed E-state index contributed by atoms with van der Waals surface area (Å²) in [5, 5.41) is 7.65. The van der Waals surface area contributed by atoms with Gasteiger partial charge in [0.05, 0.1) is 23.4 Å². The lowest BCUT2D eigenvalue weighted by molar-refractivity contribution is 0.379. The maximum Gasteiger partial charge on any atom is 0.213 e. The number of guanidine groups is 1. The van der Waals surface area contributed by atoms with E-state index in [0.717, 1.165) is 35.4 Å². The van der Waals surface area contributed by atoms with Gasteiger partial charge in [0, 0.05) is 30.3 Å². The summed E-state index contributed by atoms with van der Waals surface area (Å²) in [6, 6.07) is 0. The first-order valence-electron chi connectivity index (χ1n) is 8.12. The summed E-state index contributed by atoms with van der Waals surface area (Å²) >= 11 is 1.75. The molecule has 0 saturated heterocycles. The van der Waals surface area contributed by atoms with Crippen molar-refractivity contribution in [1.29, 1.82) is 0 Å². The van der Waals surface area contributed by atoms with E-state index in [0.29, 0.717) is 12.4 Å². The van der Waals surface area contributed by atoms with Gasteiger partial charge >= 0.3 is 0 Å². The monoisotopic (exact) mass is 477 g/mol. The minimum Gasteiger partial charge on any atom is -0.443 e. The number of hydrogen-bond donors (Lipinski definition) is 2. The van der Waals surface area contributed by atoms with Crippen molar-refractivity contribution in [3.63, 3.8) is 0 Å². The van der Waals surface area contributed by atoms with Crippen LogP contribution in [0.15, 0.2) is 15.6 Å². The molecule has 0 unspecified atom stereocenters. The van der Waals surface area contributed by atoms with Crippen LogP contribution in [0.2, 0.25) is 0 Å². The predicted molar refractivity (Wildman–Crippen MR) is 114 cm³/mol. The minimum absolute atomic E-state index is 0. The lowest BCUT2D eigenvalue weighted by Gasteiger charge is -2.13. The molecule has 140 valence electrons. The van der Waals surface area contributed by atoms with Gasteiger partial charge in [0.15, 0.2) is 5.96 Å². The molecule has 0 aliphatic rings. The zero-order valence-corrected chi connectivity index (χ0v) is 18.9. The minimum atomic E-state index is -0.0318. The second kappa shape index (κ2) is 9.51. The van der Waals surface area contributed by atoms with Crippen molar-refractivity contribution >= 4 is 41.3 Å². The molecule has 25 heavy (non-hydrogen) atoms. The highest BCUT2D eigenvalue weighted by molar-refractivity contribution is 14.0. The van der Waals surface area contributed by atoms with E-state index in [1.165, 1.54) is 4.88 Å². The molecule has 0 radical (unpaired) electrons. The zero-order valence-electron chi connectivity index (χ0n) is 15.8. The summed E-state index contributed by atoms with van der Waals surface area (Å²) in [4.78, 5) is 14.3. The summed E-state index contributed by atoms with van der Waals surface area (Å²) in [5.41, 5.74) is 1.09. The molecule has 6 nitrogen and oxygen atoms in total. The number of nitrogens with one attached hydrogen (secondary N) is 2. The quantitative estimate of drug-likeness (QED) is 0.391. The van der Waals surface area contributed by atoms with E-state index in [1.54, 1.807) is 24.6 Å². The van der Waals surface area contributed by atoms with Gasteiger partial charge in [-0.1, -0.05) is 20.8 Å². The number of hydrogen-bond acceptors (Lipinski definition) is 5. The Kier molecular flexibility index (Phi) is 8.33. The summed E-state index contributed by atoms with van der Waals surface area (Å²) in [6.45, 7) is 11.7. The van der Waals surface area contributed by atoms with E-state index in [4.69, 9.17) is 4.42 Å². The molecule has 0 bridgehead atoms. The number of rotatable bonds is 5. The summed E-state index contributed by atoms with van der Waals surface area (Å²) in [7, 11) is 1.76. The molecule has 0 atom stereocenters. The molecule has 0 aliphatic heterocycles. The third-order valence-corrected chi connectivity index (χ3v) is 4.70. The number of thiazole rings is 1. The Balaban J connectivity index is 0.00000312. The van der Waals surface area contributed by atoms with Crippen LogP contribution in [0.5, 0.6) is 0 Å². The summed E-state index contributed by atoms with van der Waals surface area (Å²) < 4.78 is 5.77. The number of oxazole rings is 1. The van der Waals surface area contributed by atoms with Crippen LogP contribution in [0.4, 0.5) is 0 Å². The Hall–Kier alpha value is -1.16. The highest BCUT2D eigenvalue weighted by atomic mass is 127. The molecule has 0 spiro atoms. The van der Waals surface area contributed by atoms with Crippen molar-refractivity contribution in [2.45, 2.75) is 53.0 Å². The first kappa shape index (κ1) is 21.9. The normalized spacial score (nSPS) is 12.0. The van der Waals surface area contributed by atoms with Gasteiger partial charge in [-0.3, -0.25) is 4.99 Å².